The molecule has 0 aliphatic carbocycles. The van der Waals surface area contributed by atoms with Crippen molar-refractivity contribution >= 4 is 23.5 Å². The van der Waals surface area contributed by atoms with Crippen LogP contribution in [0, 0.1) is 0 Å². The number of aliphatic carboxylic acids is 1. The van der Waals surface area contributed by atoms with Crippen molar-refractivity contribution in [3.05, 3.63) is 29.3 Å². The van der Waals surface area contributed by atoms with Gasteiger partial charge in [-0.2, -0.15) is 0 Å². The minimum atomic E-state index is -1.36. The summed E-state index contributed by atoms with van der Waals surface area (Å²) in [5, 5.41) is 9.52. The maximum atomic E-state index is 11.9. The fraction of sp³-hybridized carbons (Fsp3) is 0.385. The molecular formula is C13H15ClN2O4. The molecule has 0 saturated carbocycles. The predicted octanol–water partition coefficient (Wildman–Crippen LogP) is 0.733. The van der Waals surface area contributed by atoms with Crippen LogP contribution < -0.4 is 10.5 Å². The zero-order valence-corrected chi connectivity index (χ0v) is 11.5. The van der Waals surface area contributed by atoms with Gasteiger partial charge in [0.25, 0.3) is 5.91 Å². The first kappa shape index (κ1) is 14.6. The Bertz CT molecular complexity index is 537. The van der Waals surface area contributed by atoms with Crippen molar-refractivity contribution in [3.63, 3.8) is 0 Å². The van der Waals surface area contributed by atoms with Crippen LogP contribution in [0.2, 0.25) is 5.02 Å². The van der Waals surface area contributed by atoms with Crippen LogP contribution in [-0.4, -0.2) is 47.1 Å². The van der Waals surface area contributed by atoms with Gasteiger partial charge in [-0.25, -0.2) is 0 Å². The number of carbonyl (C=O) groups is 2. The van der Waals surface area contributed by atoms with Crippen LogP contribution in [0.4, 0.5) is 0 Å². The zero-order chi connectivity index (χ0) is 14.8. The molecule has 1 aromatic carbocycles. The van der Waals surface area contributed by atoms with E-state index in [2.05, 4.69) is 0 Å². The van der Waals surface area contributed by atoms with Gasteiger partial charge in [-0.1, -0.05) is 17.7 Å². The highest BCUT2D eigenvalue weighted by Crippen LogP contribution is 2.20. The first-order valence-electron chi connectivity index (χ1n) is 6.09. The van der Waals surface area contributed by atoms with Crippen molar-refractivity contribution < 1.29 is 19.4 Å². The Balaban J connectivity index is 1.89. The lowest BCUT2D eigenvalue weighted by atomic mass is 10.0. The molecule has 0 aromatic heterocycles. The Kier molecular flexibility index (Phi) is 4.15. The third-order valence-corrected chi connectivity index (χ3v) is 3.47. The lowest BCUT2D eigenvalue weighted by molar-refractivity contribution is -0.143. The van der Waals surface area contributed by atoms with Gasteiger partial charge in [-0.05, 0) is 24.6 Å². The molecule has 1 aliphatic heterocycles. The molecule has 1 heterocycles. The van der Waals surface area contributed by atoms with Crippen molar-refractivity contribution in [1.29, 1.82) is 0 Å². The third kappa shape index (κ3) is 3.20. The molecule has 3 N–H and O–H groups in total. The summed E-state index contributed by atoms with van der Waals surface area (Å²) >= 11 is 5.80. The second-order valence-corrected chi connectivity index (χ2v) is 5.21. The number of halogens is 1. The van der Waals surface area contributed by atoms with E-state index in [1.807, 2.05) is 0 Å². The molecule has 20 heavy (non-hydrogen) atoms. The van der Waals surface area contributed by atoms with E-state index < -0.39 is 11.5 Å². The van der Waals surface area contributed by atoms with Gasteiger partial charge in [0.15, 0.2) is 6.61 Å². The molecule has 1 atom stereocenters. The zero-order valence-electron chi connectivity index (χ0n) is 10.7. The molecule has 7 heteroatoms. The van der Waals surface area contributed by atoms with Crippen LogP contribution in [0.25, 0.3) is 0 Å². The normalized spacial score (nSPS) is 21.8. The number of ether oxygens (including phenoxy) is 1. The van der Waals surface area contributed by atoms with Gasteiger partial charge in [-0.3, -0.25) is 9.59 Å². The molecule has 0 radical (unpaired) electrons. The molecule has 1 unspecified atom stereocenters. The summed E-state index contributed by atoms with van der Waals surface area (Å²) in [4.78, 5) is 24.3. The van der Waals surface area contributed by atoms with Crippen LogP contribution in [0.15, 0.2) is 24.3 Å². The van der Waals surface area contributed by atoms with Gasteiger partial charge in [0.2, 0.25) is 0 Å². The Morgan fingerprint density at radius 3 is 2.85 bits per heavy atom. The molecule has 1 aliphatic rings. The number of hydrogen-bond donors (Lipinski definition) is 2. The van der Waals surface area contributed by atoms with Crippen LogP contribution in [0.3, 0.4) is 0 Å². The average Bonchev–Trinajstić information content (AvgIpc) is 2.80. The van der Waals surface area contributed by atoms with Crippen LogP contribution >= 0.6 is 11.6 Å². The number of likely N-dealkylation sites (tertiary alicyclic amines) is 1. The fourth-order valence-electron chi connectivity index (χ4n) is 2.01. The number of carboxylic acid groups (broad SMARTS) is 1. The third-order valence-electron chi connectivity index (χ3n) is 3.24. The SMILES string of the molecule is NC1(C(=O)O)CCN(C(=O)COc2cccc(Cl)c2)C1. The molecular weight excluding hydrogens is 284 g/mol. The number of carbonyl (C=O) groups excluding carboxylic acids is 1. The van der Waals surface area contributed by atoms with E-state index in [1.54, 1.807) is 24.3 Å². The standard InChI is InChI=1S/C13H15ClN2O4/c14-9-2-1-3-10(6-9)20-7-11(17)16-5-4-13(15,8-16)12(18)19/h1-3,6H,4-5,7-8,15H2,(H,18,19). The minimum absolute atomic E-state index is 0.0000719. The maximum absolute atomic E-state index is 11.9. The molecule has 6 nitrogen and oxygen atoms in total. The second-order valence-electron chi connectivity index (χ2n) is 4.77. The van der Waals surface area contributed by atoms with E-state index in [4.69, 9.17) is 27.2 Å². The van der Waals surface area contributed by atoms with Gasteiger partial charge in [0.05, 0.1) is 0 Å². The van der Waals surface area contributed by atoms with Crippen molar-refractivity contribution in [2.45, 2.75) is 12.0 Å². The second kappa shape index (κ2) is 5.68. The van der Waals surface area contributed by atoms with Gasteiger partial charge in [0.1, 0.15) is 11.3 Å². The van der Waals surface area contributed by atoms with Crippen molar-refractivity contribution in [2.24, 2.45) is 5.73 Å². The van der Waals surface area contributed by atoms with Crippen LogP contribution in [-0.2, 0) is 9.59 Å². The van der Waals surface area contributed by atoms with Gasteiger partial charge in [0, 0.05) is 18.1 Å². The van der Waals surface area contributed by atoms with Gasteiger partial charge >= 0.3 is 5.97 Å². The Morgan fingerprint density at radius 2 is 2.25 bits per heavy atom. The molecule has 1 amide bonds. The van der Waals surface area contributed by atoms with Crippen molar-refractivity contribution in [1.82, 2.24) is 4.90 Å². The number of nitrogens with zero attached hydrogens (tertiary/aromatic N) is 1. The molecule has 0 spiro atoms. The Morgan fingerprint density at radius 1 is 1.50 bits per heavy atom. The first-order valence-corrected chi connectivity index (χ1v) is 6.47. The van der Waals surface area contributed by atoms with E-state index in [1.165, 1.54) is 4.90 Å². The average molecular weight is 299 g/mol. The predicted molar refractivity (Wildman–Crippen MR) is 72.7 cm³/mol. The van der Waals surface area contributed by atoms with Crippen LogP contribution in [0.5, 0.6) is 5.75 Å². The summed E-state index contributed by atoms with van der Waals surface area (Å²) in [5.41, 5.74) is 4.35. The number of nitrogens with two attached hydrogens (primary N) is 1. The number of carboxylic acids is 1. The quantitative estimate of drug-likeness (QED) is 0.855. The van der Waals surface area contributed by atoms with Gasteiger partial charge < -0.3 is 20.5 Å². The number of benzene rings is 1. The molecule has 0 bridgehead atoms. The minimum Gasteiger partial charge on any atom is -0.484 e. The van der Waals surface area contributed by atoms with E-state index in [9.17, 15) is 9.59 Å². The van der Waals surface area contributed by atoms with E-state index in [0.717, 1.165) is 0 Å². The molecule has 1 fully saturated rings. The first-order chi connectivity index (χ1) is 9.40. The smallest absolute Gasteiger partial charge is 0.325 e. The summed E-state index contributed by atoms with van der Waals surface area (Å²) in [7, 11) is 0. The van der Waals surface area contributed by atoms with Crippen molar-refractivity contribution in [2.75, 3.05) is 19.7 Å². The summed E-state index contributed by atoms with van der Waals surface area (Å²) in [6.07, 6.45) is 0.241. The molecule has 1 aromatic rings. The highest BCUT2D eigenvalue weighted by Gasteiger charge is 2.42. The summed E-state index contributed by atoms with van der Waals surface area (Å²) < 4.78 is 5.33. The van der Waals surface area contributed by atoms with Gasteiger partial charge in [-0.15, -0.1) is 0 Å². The lowest BCUT2D eigenvalue weighted by Gasteiger charge is -2.20. The molecule has 1 saturated heterocycles. The largest absolute Gasteiger partial charge is 0.484 e. The van der Waals surface area contributed by atoms with Crippen LogP contribution in [0.1, 0.15) is 6.42 Å². The van der Waals surface area contributed by atoms with E-state index >= 15 is 0 Å². The summed E-state index contributed by atoms with van der Waals surface area (Å²) in [5.74, 6) is -0.899. The Hall–Kier alpha value is -1.79. The Labute approximate surface area is 121 Å². The number of amides is 1. The number of rotatable bonds is 4. The maximum Gasteiger partial charge on any atom is 0.325 e. The van der Waals surface area contributed by atoms with Crippen molar-refractivity contribution in [3.8, 4) is 5.75 Å². The number of hydrogen-bond acceptors (Lipinski definition) is 4. The summed E-state index contributed by atoms with van der Waals surface area (Å²) in [6, 6.07) is 6.70. The van der Waals surface area contributed by atoms with E-state index in [0.29, 0.717) is 17.3 Å². The highest BCUT2D eigenvalue weighted by molar-refractivity contribution is 6.30. The highest BCUT2D eigenvalue weighted by atomic mass is 35.5. The molecule has 108 valence electrons. The summed E-state index contributed by atoms with van der Waals surface area (Å²) in [6.45, 7) is 0.149. The van der Waals surface area contributed by atoms with E-state index in [-0.39, 0.29) is 25.5 Å². The lowest BCUT2D eigenvalue weighted by Crippen LogP contribution is -2.51. The topological polar surface area (TPSA) is 92.9 Å². The molecule has 2 rings (SSSR count). The monoisotopic (exact) mass is 298 g/mol. The fourth-order valence-corrected chi connectivity index (χ4v) is 2.19.